The summed E-state index contributed by atoms with van der Waals surface area (Å²) in [5.74, 6) is 0. The molecule has 0 unspecified atom stereocenters. The van der Waals surface area contributed by atoms with Gasteiger partial charge in [0, 0.05) is 11.8 Å². The lowest BCUT2D eigenvalue weighted by molar-refractivity contribution is -0.108. The lowest BCUT2D eigenvalue weighted by atomic mass is 10.1. The first-order chi connectivity index (χ1) is 8.11. The highest BCUT2D eigenvalue weighted by Gasteiger charge is 2.24. The predicted octanol–water partition coefficient (Wildman–Crippen LogP) is -0.0950. The molecule has 6 heteroatoms. The van der Waals surface area contributed by atoms with Crippen molar-refractivity contribution >= 4 is 0 Å². The van der Waals surface area contributed by atoms with Gasteiger partial charge in [-0.1, -0.05) is 0 Å². The Balaban J connectivity index is 2.31. The van der Waals surface area contributed by atoms with Crippen molar-refractivity contribution in [2.45, 2.75) is 38.5 Å². The summed E-state index contributed by atoms with van der Waals surface area (Å²) in [4.78, 5) is 25.1. The van der Waals surface area contributed by atoms with Crippen LogP contribution in [0.5, 0.6) is 0 Å². The number of rotatable bonds is 2. The number of aliphatic hydroxyl groups is 1. The molecule has 0 aliphatic carbocycles. The molecule has 0 bridgehead atoms. The van der Waals surface area contributed by atoms with E-state index in [4.69, 9.17) is 9.84 Å². The third-order valence-corrected chi connectivity index (χ3v) is 2.99. The van der Waals surface area contributed by atoms with Crippen LogP contribution in [0, 0.1) is 6.92 Å². The van der Waals surface area contributed by atoms with E-state index >= 15 is 0 Å². The van der Waals surface area contributed by atoms with Crippen LogP contribution in [0.3, 0.4) is 0 Å². The van der Waals surface area contributed by atoms with Gasteiger partial charge in [0.05, 0.1) is 12.7 Å². The summed E-state index contributed by atoms with van der Waals surface area (Å²) in [5.41, 5.74) is -0.371. The highest BCUT2D eigenvalue weighted by molar-refractivity contribution is 5.01. The fourth-order valence-electron chi connectivity index (χ4n) is 2.02. The van der Waals surface area contributed by atoms with E-state index in [0.29, 0.717) is 12.0 Å². The number of nitrogens with one attached hydrogen (secondary N) is 1. The maximum Gasteiger partial charge on any atom is 0.330 e. The number of aromatic amines is 1. The fourth-order valence-corrected chi connectivity index (χ4v) is 2.02. The molecular formula is C11H16N2O4. The molecular weight excluding hydrogens is 224 g/mol. The van der Waals surface area contributed by atoms with Crippen molar-refractivity contribution in [3.8, 4) is 0 Å². The van der Waals surface area contributed by atoms with Gasteiger partial charge < -0.3 is 9.84 Å². The van der Waals surface area contributed by atoms with Crippen LogP contribution in [0.15, 0.2) is 15.8 Å². The smallest absolute Gasteiger partial charge is 0.330 e. The number of aryl methyl sites for hydroxylation is 1. The van der Waals surface area contributed by atoms with E-state index in [-0.39, 0.29) is 18.3 Å². The Morgan fingerprint density at radius 3 is 3.00 bits per heavy atom. The number of aromatic nitrogens is 2. The molecule has 2 N–H and O–H groups in total. The molecule has 1 aromatic heterocycles. The molecule has 0 amide bonds. The summed E-state index contributed by atoms with van der Waals surface area (Å²) in [6.45, 7) is 1.59. The zero-order chi connectivity index (χ0) is 12.4. The number of hydrogen-bond acceptors (Lipinski definition) is 4. The van der Waals surface area contributed by atoms with Crippen LogP contribution >= 0.6 is 0 Å². The van der Waals surface area contributed by atoms with Crippen LogP contribution in [0.25, 0.3) is 0 Å². The van der Waals surface area contributed by atoms with Gasteiger partial charge in [0.2, 0.25) is 0 Å². The van der Waals surface area contributed by atoms with Crippen molar-refractivity contribution in [1.29, 1.82) is 0 Å². The van der Waals surface area contributed by atoms with Gasteiger partial charge in [-0.2, -0.15) is 0 Å². The van der Waals surface area contributed by atoms with E-state index in [0.717, 1.165) is 12.8 Å². The van der Waals surface area contributed by atoms with Gasteiger partial charge in [0.15, 0.2) is 0 Å². The maximum atomic E-state index is 11.7. The molecule has 0 saturated carbocycles. The molecule has 6 nitrogen and oxygen atoms in total. The average molecular weight is 240 g/mol. The zero-order valence-corrected chi connectivity index (χ0v) is 9.68. The van der Waals surface area contributed by atoms with Gasteiger partial charge >= 0.3 is 5.69 Å². The molecule has 0 aromatic carbocycles. The molecule has 17 heavy (non-hydrogen) atoms. The predicted molar refractivity (Wildman–Crippen MR) is 60.9 cm³/mol. The first-order valence-corrected chi connectivity index (χ1v) is 5.70. The number of H-pyrrole nitrogens is 1. The van der Waals surface area contributed by atoms with Crippen LogP contribution in [-0.2, 0) is 4.74 Å². The Morgan fingerprint density at radius 2 is 2.29 bits per heavy atom. The standard InChI is InChI=1S/C11H16N2O4/c1-7-5-13(11(16)12-10(7)15)9-4-2-3-8(6-14)17-9/h5,8-9,14H,2-4,6H2,1H3,(H,12,15,16)/t8-,9+/m0/s1. The third-order valence-electron chi connectivity index (χ3n) is 2.99. The van der Waals surface area contributed by atoms with Crippen LogP contribution in [0.2, 0.25) is 0 Å². The van der Waals surface area contributed by atoms with Crippen molar-refractivity contribution in [1.82, 2.24) is 9.55 Å². The van der Waals surface area contributed by atoms with Crippen molar-refractivity contribution in [2.24, 2.45) is 0 Å². The SMILES string of the molecule is Cc1cn([C@H]2CCC[C@@H](CO)O2)c(=O)[nH]c1=O. The summed E-state index contributed by atoms with van der Waals surface area (Å²) in [6, 6.07) is 0. The second-order valence-electron chi connectivity index (χ2n) is 4.30. The summed E-state index contributed by atoms with van der Waals surface area (Å²) >= 11 is 0. The zero-order valence-electron chi connectivity index (χ0n) is 9.68. The van der Waals surface area contributed by atoms with Crippen LogP contribution in [0.1, 0.15) is 31.1 Å². The highest BCUT2D eigenvalue weighted by Crippen LogP contribution is 2.25. The first-order valence-electron chi connectivity index (χ1n) is 5.70. The Bertz CT molecular complexity index is 505. The van der Waals surface area contributed by atoms with Gasteiger partial charge in [-0.05, 0) is 26.2 Å². The third kappa shape index (κ3) is 2.48. The topological polar surface area (TPSA) is 84.3 Å². The number of nitrogens with zero attached hydrogens (tertiary/aromatic N) is 1. The summed E-state index contributed by atoms with van der Waals surface area (Å²) in [7, 11) is 0. The average Bonchev–Trinajstić information content (AvgIpc) is 2.34. The molecule has 1 fully saturated rings. The lowest BCUT2D eigenvalue weighted by Gasteiger charge is -2.29. The maximum absolute atomic E-state index is 11.7. The fraction of sp³-hybridized carbons (Fsp3) is 0.636. The lowest BCUT2D eigenvalue weighted by Crippen LogP contribution is -2.37. The number of hydrogen-bond donors (Lipinski definition) is 2. The number of aliphatic hydroxyl groups excluding tert-OH is 1. The quantitative estimate of drug-likeness (QED) is 0.756. The molecule has 2 atom stereocenters. The van der Waals surface area contributed by atoms with Gasteiger partial charge in [0.1, 0.15) is 6.23 Å². The second-order valence-corrected chi connectivity index (χ2v) is 4.30. The van der Waals surface area contributed by atoms with Crippen molar-refractivity contribution in [3.63, 3.8) is 0 Å². The molecule has 1 aromatic rings. The van der Waals surface area contributed by atoms with Gasteiger partial charge in [-0.15, -0.1) is 0 Å². The largest absolute Gasteiger partial charge is 0.394 e. The molecule has 2 rings (SSSR count). The minimum absolute atomic E-state index is 0.0480. The summed E-state index contributed by atoms with van der Waals surface area (Å²) < 4.78 is 6.98. The van der Waals surface area contributed by atoms with Crippen LogP contribution in [-0.4, -0.2) is 27.4 Å². The molecule has 0 spiro atoms. The van der Waals surface area contributed by atoms with Crippen molar-refractivity contribution < 1.29 is 9.84 Å². The first kappa shape index (κ1) is 12.1. The van der Waals surface area contributed by atoms with E-state index in [1.165, 1.54) is 10.8 Å². The summed E-state index contributed by atoms with van der Waals surface area (Å²) in [6.07, 6.45) is 3.27. The second kappa shape index (κ2) is 4.85. The molecule has 2 heterocycles. The molecule has 0 radical (unpaired) electrons. The van der Waals surface area contributed by atoms with Crippen molar-refractivity contribution in [2.75, 3.05) is 6.61 Å². The molecule has 1 saturated heterocycles. The Kier molecular flexibility index (Phi) is 3.44. The molecule has 94 valence electrons. The van der Waals surface area contributed by atoms with E-state index in [9.17, 15) is 9.59 Å². The Labute approximate surface area is 97.9 Å². The Morgan fingerprint density at radius 1 is 1.53 bits per heavy atom. The van der Waals surface area contributed by atoms with E-state index in [1.54, 1.807) is 6.92 Å². The highest BCUT2D eigenvalue weighted by atomic mass is 16.5. The van der Waals surface area contributed by atoms with Gasteiger partial charge in [0.25, 0.3) is 5.56 Å². The normalized spacial score (nSPS) is 24.8. The van der Waals surface area contributed by atoms with Crippen molar-refractivity contribution in [3.05, 3.63) is 32.6 Å². The molecule has 1 aliphatic heterocycles. The minimum atomic E-state index is -0.468. The van der Waals surface area contributed by atoms with E-state index in [1.807, 2.05) is 0 Å². The van der Waals surface area contributed by atoms with Gasteiger partial charge in [-0.3, -0.25) is 14.3 Å². The van der Waals surface area contributed by atoms with Crippen LogP contribution < -0.4 is 11.2 Å². The van der Waals surface area contributed by atoms with E-state index in [2.05, 4.69) is 4.98 Å². The van der Waals surface area contributed by atoms with Gasteiger partial charge in [-0.25, -0.2) is 4.79 Å². The Hall–Kier alpha value is -1.40. The monoisotopic (exact) mass is 240 g/mol. The van der Waals surface area contributed by atoms with E-state index < -0.39 is 11.9 Å². The molecule has 1 aliphatic rings. The summed E-state index contributed by atoms with van der Waals surface area (Å²) in [5, 5.41) is 9.05. The minimum Gasteiger partial charge on any atom is -0.394 e. The van der Waals surface area contributed by atoms with Crippen LogP contribution in [0.4, 0.5) is 0 Å². The number of ether oxygens (including phenoxy) is 1.